The Labute approximate surface area is 182 Å². The summed E-state index contributed by atoms with van der Waals surface area (Å²) < 4.78 is 8.03. The van der Waals surface area contributed by atoms with Gasteiger partial charge in [0.25, 0.3) is 0 Å². The molecule has 0 fully saturated rings. The van der Waals surface area contributed by atoms with E-state index in [-0.39, 0.29) is 0 Å². The van der Waals surface area contributed by atoms with Gasteiger partial charge in [-0.05, 0) is 38.1 Å². The number of aromatic nitrogens is 2. The Hall–Kier alpha value is -2.79. The van der Waals surface area contributed by atoms with Crippen LogP contribution in [0.3, 0.4) is 0 Å². The van der Waals surface area contributed by atoms with Crippen molar-refractivity contribution >= 4 is 5.69 Å². The number of ether oxygens (including phenoxy) is 1. The maximum absolute atomic E-state index is 5.88. The predicted molar refractivity (Wildman–Crippen MR) is 128 cm³/mol. The first-order chi connectivity index (χ1) is 14.7. The Kier molecular flexibility index (Phi) is 12.7. The average molecular weight is 411 g/mol. The van der Waals surface area contributed by atoms with Crippen LogP contribution >= 0.6 is 0 Å². The lowest BCUT2D eigenvalue weighted by molar-refractivity contribution is 0.483. The van der Waals surface area contributed by atoms with Crippen molar-refractivity contribution in [1.29, 1.82) is 0 Å². The molecule has 2 N–H and O–H groups in total. The summed E-state index contributed by atoms with van der Waals surface area (Å²) >= 11 is 0. The number of aryl methyl sites for hydroxylation is 1. The zero-order valence-electron chi connectivity index (χ0n) is 19.4. The Morgan fingerprint density at radius 3 is 2.37 bits per heavy atom. The average Bonchev–Trinajstić information content (AvgIpc) is 3.27. The molecule has 30 heavy (non-hydrogen) atoms. The summed E-state index contributed by atoms with van der Waals surface area (Å²) in [7, 11) is 0. The number of hydrogen-bond donors (Lipinski definition) is 2. The summed E-state index contributed by atoms with van der Waals surface area (Å²) in [6.45, 7) is 14.9. The summed E-state index contributed by atoms with van der Waals surface area (Å²) in [6, 6.07) is 18.2. The number of anilines is 1. The molecule has 0 aliphatic heterocycles. The zero-order chi connectivity index (χ0) is 22.2. The minimum atomic E-state index is 0.328. The molecule has 1 heterocycles. The van der Waals surface area contributed by atoms with Crippen LogP contribution < -0.4 is 15.4 Å². The lowest BCUT2D eigenvalue weighted by Crippen LogP contribution is -2.32. The van der Waals surface area contributed by atoms with Gasteiger partial charge in [0.1, 0.15) is 11.5 Å². The Bertz CT molecular complexity index is 802. The van der Waals surface area contributed by atoms with Crippen LogP contribution in [0.4, 0.5) is 5.69 Å². The van der Waals surface area contributed by atoms with Crippen molar-refractivity contribution in [3.05, 3.63) is 72.8 Å². The summed E-state index contributed by atoms with van der Waals surface area (Å²) in [5, 5.41) is 6.99. The van der Waals surface area contributed by atoms with E-state index in [1.54, 1.807) is 0 Å². The van der Waals surface area contributed by atoms with E-state index in [1.807, 2.05) is 88.8 Å². The van der Waals surface area contributed by atoms with Crippen LogP contribution in [0, 0.1) is 0 Å². The van der Waals surface area contributed by atoms with Gasteiger partial charge < -0.3 is 19.9 Å². The molecular formula is C25H38N4O. The lowest BCUT2D eigenvalue weighted by atomic mass is 10.2. The number of para-hydroxylation sites is 1. The van der Waals surface area contributed by atoms with Gasteiger partial charge in [0.15, 0.2) is 0 Å². The lowest BCUT2D eigenvalue weighted by Gasteiger charge is -2.16. The summed E-state index contributed by atoms with van der Waals surface area (Å²) in [5.41, 5.74) is 2.25. The predicted octanol–water partition coefficient (Wildman–Crippen LogP) is 6.34. The molecule has 5 heteroatoms. The molecule has 0 saturated carbocycles. The molecule has 1 unspecified atom stereocenters. The van der Waals surface area contributed by atoms with Crippen LogP contribution in [0.25, 0.3) is 0 Å². The molecule has 2 aromatic carbocycles. The Balaban J connectivity index is 0.00000106. The summed E-state index contributed by atoms with van der Waals surface area (Å²) in [6.07, 6.45) is 3.79. The topological polar surface area (TPSA) is 51.1 Å². The van der Waals surface area contributed by atoms with Crippen molar-refractivity contribution < 1.29 is 4.74 Å². The van der Waals surface area contributed by atoms with E-state index in [4.69, 9.17) is 4.74 Å². The highest BCUT2D eigenvalue weighted by Crippen LogP contribution is 2.23. The number of rotatable bonds is 9. The SMILES string of the molecule is CC.CC.CCn1cncc1CNC(C)CNc1cccc(Oc2ccccc2)c1. The van der Waals surface area contributed by atoms with Crippen LogP contribution in [-0.2, 0) is 13.1 Å². The van der Waals surface area contributed by atoms with Crippen molar-refractivity contribution in [3.8, 4) is 11.5 Å². The van der Waals surface area contributed by atoms with E-state index in [0.29, 0.717) is 6.04 Å². The van der Waals surface area contributed by atoms with Gasteiger partial charge in [-0.25, -0.2) is 4.98 Å². The van der Waals surface area contributed by atoms with Gasteiger partial charge in [0.2, 0.25) is 0 Å². The summed E-state index contributed by atoms with van der Waals surface area (Å²) in [5.74, 6) is 1.67. The largest absolute Gasteiger partial charge is 0.457 e. The number of nitrogens with zero attached hydrogens (tertiary/aromatic N) is 2. The van der Waals surface area contributed by atoms with E-state index < -0.39 is 0 Å². The van der Waals surface area contributed by atoms with E-state index in [2.05, 4.69) is 40.1 Å². The smallest absolute Gasteiger partial charge is 0.129 e. The molecule has 5 nitrogen and oxygen atoms in total. The Morgan fingerprint density at radius 1 is 0.967 bits per heavy atom. The van der Waals surface area contributed by atoms with E-state index >= 15 is 0 Å². The van der Waals surface area contributed by atoms with Gasteiger partial charge in [-0.15, -0.1) is 0 Å². The Morgan fingerprint density at radius 2 is 1.67 bits per heavy atom. The molecule has 0 radical (unpaired) electrons. The fourth-order valence-corrected chi connectivity index (χ4v) is 2.70. The van der Waals surface area contributed by atoms with Crippen molar-refractivity contribution in [2.45, 2.75) is 60.7 Å². The molecule has 0 amide bonds. The molecular weight excluding hydrogens is 372 g/mol. The fourth-order valence-electron chi connectivity index (χ4n) is 2.70. The third kappa shape index (κ3) is 8.70. The third-order valence-electron chi connectivity index (χ3n) is 4.20. The normalized spacial score (nSPS) is 10.7. The molecule has 0 aliphatic rings. The first-order valence-electron chi connectivity index (χ1n) is 11.0. The molecule has 1 atom stereocenters. The van der Waals surface area contributed by atoms with Crippen LogP contribution in [0.2, 0.25) is 0 Å². The molecule has 164 valence electrons. The first-order valence-corrected chi connectivity index (χ1v) is 11.0. The number of nitrogens with one attached hydrogen (secondary N) is 2. The number of hydrogen-bond acceptors (Lipinski definition) is 4. The van der Waals surface area contributed by atoms with Gasteiger partial charge in [0, 0.05) is 43.6 Å². The molecule has 1 aromatic heterocycles. The maximum Gasteiger partial charge on any atom is 0.129 e. The minimum absolute atomic E-state index is 0.328. The van der Waals surface area contributed by atoms with E-state index in [1.165, 1.54) is 5.69 Å². The van der Waals surface area contributed by atoms with E-state index in [0.717, 1.165) is 36.8 Å². The highest BCUT2D eigenvalue weighted by molar-refractivity contribution is 5.49. The third-order valence-corrected chi connectivity index (χ3v) is 4.20. The van der Waals surface area contributed by atoms with Crippen molar-refractivity contribution in [2.75, 3.05) is 11.9 Å². The van der Waals surface area contributed by atoms with Crippen LogP contribution in [-0.4, -0.2) is 22.1 Å². The van der Waals surface area contributed by atoms with Gasteiger partial charge in [0.05, 0.1) is 12.0 Å². The standard InChI is InChI=1S/C21H26N4O.2C2H6/c1-3-25-16-22-14-19(25)15-23-17(2)13-24-18-8-7-11-21(12-18)26-20-9-5-4-6-10-20;2*1-2/h4-12,14,16-17,23-24H,3,13,15H2,1-2H3;2*1-2H3. The van der Waals surface area contributed by atoms with Gasteiger partial charge >= 0.3 is 0 Å². The molecule has 0 bridgehead atoms. The molecule has 0 aliphatic carbocycles. The molecule has 0 saturated heterocycles. The van der Waals surface area contributed by atoms with Crippen LogP contribution in [0.1, 0.15) is 47.2 Å². The van der Waals surface area contributed by atoms with Crippen molar-refractivity contribution in [2.24, 2.45) is 0 Å². The minimum Gasteiger partial charge on any atom is -0.457 e. The highest BCUT2D eigenvalue weighted by atomic mass is 16.5. The second kappa shape index (κ2) is 15.1. The highest BCUT2D eigenvalue weighted by Gasteiger charge is 2.05. The summed E-state index contributed by atoms with van der Waals surface area (Å²) in [4.78, 5) is 4.20. The van der Waals surface area contributed by atoms with Crippen LogP contribution in [0.15, 0.2) is 67.1 Å². The second-order valence-corrected chi connectivity index (χ2v) is 6.28. The van der Waals surface area contributed by atoms with Gasteiger partial charge in [-0.1, -0.05) is 52.0 Å². The molecule has 3 rings (SSSR count). The number of benzene rings is 2. The maximum atomic E-state index is 5.88. The number of imidazole rings is 1. The van der Waals surface area contributed by atoms with E-state index in [9.17, 15) is 0 Å². The van der Waals surface area contributed by atoms with Gasteiger partial charge in [-0.2, -0.15) is 0 Å². The van der Waals surface area contributed by atoms with Crippen molar-refractivity contribution in [1.82, 2.24) is 14.9 Å². The second-order valence-electron chi connectivity index (χ2n) is 6.28. The molecule has 3 aromatic rings. The van der Waals surface area contributed by atoms with Crippen molar-refractivity contribution in [3.63, 3.8) is 0 Å². The van der Waals surface area contributed by atoms with Crippen LogP contribution in [0.5, 0.6) is 11.5 Å². The molecule has 0 spiro atoms. The van der Waals surface area contributed by atoms with Gasteiger partial charge in [-0.3, -0.25) is 0 Å². The first kappa shape index (κ1) is 25.2. The zero-order valence-corrected chi connectivity index (χ0v) is 19.4. The monoisotopic (exact) mass is 410 g/mol. The fraction of sp³-hybridized carbons (Fsp3) is 0.400. The quantitative estimate of drug-likeness (QED) is 0.432.